The predicted molar refractivity (Wildman–Crippen MR) is 62.3 cm³/mol. The summed E-state index contributed by atoms with van der Waals surface area (Å²) in [6.07, 6.45) is 0.913. The van der Waals surface area contributed by atoms with E-state index in [1.54, 1.807) is 6.92 Å². The first-order valence-corrected chi connectivity index (χ1v) is 5.94. The molecule has 0 unspecified atom stereocenters. The fraction of sp³-hybridized carbons (Fsp3) is 0.750. The number of esters is 1. The van der Waals surface area contributed by atoms with Crippen LogP contribution in [0.5, 0.6) is 0 Å². The Morgan fingerprint density at radius 2 is 2.33 bits per heavy atom. The van der Waals surface area contributed by atoms with E-state index in [4.69, 9.17) is 10.00 Å². The third kappa shape index (κ3) is 4.00. The molecule has 0 bridgehead atoms. The Labute approximate surface area is 106 Å². The van der Waals surface area contributed by atoms with E-state index in [0.29, 0.717) is 19.6 Å². The molecule has 3 atom stereocenters. The maximum Gasteiger partial charge on any atom is 0.328 e. The molecule has 1 amide bonds. The van der Waals surface area contributed by atoms with Crippen LogP contribution in [0, 0.1) is 23.2 Å². The maximum absolute atomic E-state index is 11.9. The van der Waals surface area contributed by atoms with Crippen LogP contribution in [0.1, 0.15) is 19.8 Å². The van der Waals surface area contributed by atoms with Crippen molar-refractivity contribution in [3.8, 4) is 6.07 Å². The van der Waals surface area contributed by atoms with Gasteiger partial charge in [-0.3, -0.25) is 4.79 Å². The molecule has 0 radical (unpaired) electrons. The van der Waals surface area contributed by atoms with Gasteiger partial charge in [-0.2, -0.15) is 5.26 Å². The number of hydrogen-bond donors (Lipinski definition) is 1. The largest absolute Gasteiger partial charge is 0.467 e. The van der Waals surface area contributed by atoms with Crippen LogP contribution in [-0.2, 0) is 19.1 Å². The summed E-state index contributed by atoms with van der Waals surface area (Å²) in [6, 6.07) is 1.27. The number of carbonyl (C=O) groups excluding carboxylic acids is 2. The second kappa shape index (κ2) is 6.97. The number of methoxy groups -OCH3 is 1. The van der Waals surface area contributed by atoms with Gasteiger partial charge in [-0.25, -0.2) is 4.79 Å². The summed E-state index contributed by atoms with van der Waals surface area (Å²) < 4.78 is 9.75. The van der Waals surface area contributed by atoms with Crippen LogP contribution < -0.4 is 5.32 Å². The van der Waals surface area contributed by atoms with E-state index in [1.165, 1.54) is 7.11 Å². The number of rotatable bonds is 5. The van der Waals surface area contributed by atoms with Crippen LogP contribution in [0.3, 0.4) is 0 Å². The second-order valence-electron chi connectivity index (χ2n) is 4.41. The number of nitrogens with one attached hydrogen (secondary N) is 1. The lowest BCUT2D eigenvalue weighted by Gasteiger charge is -2.19. The fourth-order valence-electron chi connectivity index (χ4n) is 1.79. The third-order valence-electron chi connectivity index (χ3n) is 2.91. The van der Waals surface area contributed by atoms with Crippen LogP contribution in [-0.4, -0.2) is 38.2 Å². The van der Waals surface area contributed by atoms with Gasteiger partial charge in [-0.05, 0) is 19.8 Å². The zero-order valence-corrected chi connectivity index (χ0v) is 10.6. The van der Waals surface area contributed by atoms with Crippen LogP contribution >= 0.6 is 0 Å². The minimum Gasteiger partial charge on any atom is -0.467 e. The number of carbonyl (C=O) groups is 2. The molecular formula is C12H18N2O4. The molecule has 0 spiro atoms. The zero-order chi connectivity index (χ0) is 13.5. The summed E-state index contributed by atoms with van der Waals surface area (Å²) in [5.41, 5.74) is 0. The molecule has 18 heavy (non-hydrogen) atoms. The topological polar surface area (TPSA) is 88.4 Å². The first kappa shape index (κ1) is 14.5. The van der Waals surface area contributed by atoms with Gasteiger partial charge in [0, 0.05) is 12.5 Å². The van der Waals surface area contributed by atoms with E-state index in [9.17, 15) is 9.59 Å². The van der Waals surface area contributed by atoms with Crippen molar-refractivity contribution in [3.05, 3.63) is 0 Å². The van der Waals surface area contributed by atoms with E-state index in [0.717, 1.165) is 0 Å². The lowest BCUT2D eigenvalue weighted by atomic mass is 10.0. The van der Waals surface area contributed by atoms with E-state index < -0.39 is 12.0 Å². The molecule has 1 rings (SSSR count). The molecule has 0 aromatic rings. The van der Waals surface area contributed by atoms with Gasteiger partial charge in [-0.15, -0.1) is 0 Å². The van der Waals surface area contributed by atoms with Crippen LogP contribution in [0.25, 0.3) is 0 Å². The van der Waals surface area contributed by atoms with Crippen molar-refractivity contribution >= 4 is 11.9 Å². The second-order valence-corrected chi connectivity index (χ2v) is 4.41. The van der Waals surface area contributed by atoms with Gasteiger partial charge in [-0.1, -0.05) is 0 Å². The minimum absolute atomic E-state index is 0.213. The summed E-state index contributed by atoms with van der Waals surface area (Å²) in [7, 11) is 1.26. The Hall–Kier alpha value is -1.61. The van der Waals surface area contributed by atoms with Crippen LogP contribution in [0.15, 0.2) is 0 Å². The first-order valence-electron chi connectivity index (χ1n) is 5.94. The lowest BCUT2D eigenvalue weighted by Crippen LogP contribution is -2.45. The van der Waals surface area contributed by atoms with Gasteiger partial charge < -0.3 is 14.8 Å². The first-order chi connectivity index (χ1) is 8.58. The number of nitrogens with zero attached hydrogens (tertiary/aromatic N) is 1. The van der Waals surface area contributed by atoms with Crippen molar-refractivity contribution in [2.24, 2.45) is 11.8 Å². The van der Waals surface area contributed by atoms with Crippen molar-refractivity contribution in [1.29, 1.82) is 5.26 Å². The number of hydrogen-bond acceptors (Lipinski definition) is 5. The summed E-state index contributed by atoms with van der Waals surface area (Å²) >= 11 is 0. The highest BCUT2D eigenvalue weighted by Crippen LogP contribution is 2.14. The van der Waals surface area contributed by atoms with Crippen molar-refractivity contribution in [2.45, 2.75) is 25.8 Å². The van der Waals surface area contributed by atoms with Gasteiger partial charge >= 0.3 is 5.97 Å². The lowest BCUT2D eigenvalue weighted by molar-refractivity contribution is -0.146. The molecule has 1 aliphatic heterocycles. The van der Waals surface area contributed by atoms with E-state index >= 15 is 0 Å². The minimum atomic E-state index is -0.766. The van der Waals surface area contributed by atoms with E-state index in [1.807, 2.05) is 6.07 Å². The quantitative estimate of drug-likeness (QED) is 0.709. The molecule has 1 N–H and O–H groups in total. The van der Waals surface area contributed by atoms with E-state index in [2.05, 4.69) is 10.1 Å². The highest BCUT2D eigenvalue weighted by Gasteiger charge is 2.29. The van der Waals surface area contributed by atoms with E-state index in [-0.39, 0.29) is 24.2 Å². The van der Waals surface area contributed by atoms with Crippen molar-refractivity contribution in [2.75, 3.05) is 20.3 Å². The maximum atomic E-state index is 11.9. The third-order valence-corrected chi connectivity index (χ3v) is 2.91. The van der Waals surface area contributed by atoms with Crippen molar-refractivity contribution in [3.63, 3.8) is 0 Å². The Kier molecular flexibility index (Phi) is 5.59. The molecule has 0 saturated carbocycles. The number of nitriles is 1. The van der Waals surface area contributed by atoms with Gasteiger partial charge in [0.05, 0.1) is 25.7 Å². The van der Waals surface area contributed by atoms with Crippen molar-refractivity contribution < 1.29 is 19.1 Å². The average Bonchev–Trinajstić information content (AvgIpc) is 2.90. The predicted octanol–water partition coefficient (Wildman–Crippen LogP) is 0.230. The summed E-state index contributed by atoms with van der Waals surface area (Å²) in [4.78, 5) is 23.4. The highest BCUT2D eigenvalue weighted by molar-refractivity contribution is 5.85. The normalized spacial score (nSPS) is 21.7. The Morgan fingerprint density at radius 1 is 1.61 bits per heavy atom. The van der Waals surface area contributed by atoms with Gasteiger partial charge in [0.15, 0.2) is 0 Å². The standard InChI is InChI=1S/C12H18N2O4/c1-8(6-13)5-10(12(16)17-2)14-11(15)9-3-4-18-7-9/h8-10H,3-5,7H2,1-2H3,(H,14,15)/t8-,9-,10+/m0/s1. The molecule has 1 fully saturated rings. The number of ether oxygens (including phenoxy) is 2. The molecule has 0 aromatic heterocycles. The van der Waals surface area contributed by atoms with Gasteiger partial charge in [0.2, 0.25) is 5.91 Å². The van der Waals surface area contributed by atoms with Crippen molar-refractivity contribution in [1.82, 2.24) is 5.32 Å². The van der Waals surface area contributed by atoms with Crippen LogP contribution in [0.4, 0.5) is 0 Å². The average molecular weight is 254 g/mol. The molecule has 1 saturated heterocycles. The molecule has 1 aliphatic rings. The molecule has 1 heterocycles. The van der Waals surface area contributed by atoms with Crippen LogP contribution in [0.2, 0.25) is 0 Å². The molecule has 6 nitrogen and oxygen atoms in total. The Bertz CT molecular complexity index is 344. The molecule has 0 aliphatic carbocycles. The molecule has 0 aromatic carbocycles. The van der Waals surface area contributed by atoms with Gasteiger partial charge in [0.25, 0.3) is 0 Å². The SMILES string of the molecule is COC(=O)[C@@H](C[C@H](C)C#N)NC(=O)[C@H]1CCOC1. The number of amides is 1. The molecule has 6 heteroatoms. The molecule has 100 valence electrons. The Morgan fingerprint density at radius 3 is 2.83 bits per heavy atom. The fourth-order valence-corrected chi connectivity index (χ4v) is 1.79. The monoisotopic (exact) mass is 254 g/mol. The molecular weight excluding hydrogens is 236 g/mol. The Balaban J connectivity index is 2.57. The van der Waals surface area contributed by atoms with Gasteiger partial charge in [0.1, 0.15) is 6.04 Å². The highest BCUT2D eigenvalue weighted by atomic mass is 16.5. The smallest absolute Gasteiger partial charge is 0.328 e. The summed E-state index contributed by atoms with van der Waals surface area (Å²) in [5, 5.41) is 11.4. The summed E-state index contributed by atoms with van der Waals surface area (Å²) in [6.45, 7) is 2.64. The zero-order valence-electron chi connectivity index (χ0n) is 10.6. The summed E-state index contributed by atoms with van der Waals surface area (Å²) in [5.74, 6) is -1.28.